The van der Waals surface area contributed by atoms with Gasteiger partial charge in [-0.05, 0) is 71.5 Å². The number of nitrogens with one attached hydrogen (secondary N) is 1. The topological polar surface area (TPSA) is 115 Å². The number of ether oxygens (including phenoxy) is 1. The Labute approximate surface area is 253 Å². The second-order valence-corrected chi connectivity index (χ2v) is 11.8. The molecule has 0 bridgehead atoms. The van der Waals surface area contributed by atoms with Gasteiger partial charge in [0, 0.05) is 23.1 Å². The highest BCUT2D eigenvalue weighted by atomic mass is 16.5. The van der Waals surface area contributed by atoms with Crippen LogP contribution in [0.1, 0.15) is 81.3 Å². The standard InChI is InChI=1S/C35H41N3O5/c1-5-6-7-8-9-22-42-29-20-16-25(17-21-29)31-37-33(43-38-31)27-12-10-24(11-13-27)23-30(34(40)41)36-32(39)26-14-18-28(19-15-26)35(2,3)4/h10-21,30H,5-9,22-23H2,1-4H3,(H,36,39)(H,40,41)/t30-/m0/s1. The van der Waals surface area contributed by atoms with Crippen LogP contribution in [-0.2, 0) is 16.6 Å². The number of carbonyl (C=O) groups is 2. The fraction of sp³-hybridized carbons (Fsp3) is 0.371. The molecule has 0 saturated heterocycles. The quantitative estimate of drug-likeness (QED) is 0.148. The van der Waals surface area contributed by atoms with Crippen molar-refractivity contribution in [3.63, 3.8) is 0 Å². The van der Waals surface area contributed by atoms with Gasteiger partial charge in [0.1, 0.15) is 11.8 Å². The van der Waals surface area contributed by atoms with Gasteiger partial charge in [-0.15, -0.1) is 0 Å². The summed E-state index contributed by atoms with van der Waals surface area (Å²) in [5, 5.41) is 16.5. The van der Waals surface area contributed by atoms with Crippen LogP contribution >= 0.6 is 0 Å². The van der Waals surface area contributed by atoms with Crippen LogP contribution in [0.2, 0.25) is 0 Å². The van der Waals surface area contributed by atoms with E-state index in [0.29, 0.717) is 29.4 Å². The number of rotatable bonds is 14. The van der Waals surface area contributed by atoms with Crippen LogP contribution in [0.5, 0.6) is 5.75 Å². The molecule has 43 heavy (non-hydrogen) atoms. The molecule has 226 valence electrons. The van der Waals surface area contributed by atoms with Crippen LogP contribution in [0.25, 0.3) is 22.8 Å². The van der Waals surface area contributed by atoms with Crippen LogP contribution in [0, 0.1) is 0 Å². The molecule has 8 nitrogen and oxygen atoms in total. The van der Waals surface area contributed by atoms with E-state index >= 15 is 0 Å². The molecule has 1 amide bonds. The van der Waals surface area contributed by atoms with Crippen molar-refractivity contribution < 1.29 is 24.0 Å². The number of aliphatic carboxylic acids is 1. The van der Waals surface area contributed by atoms with Crippen molar-refractivity contribution in [3.8, 4) is 28.6 Å². The number of hydrogen-bond acceptors (Lipinski definition) is 6. The molecule has 0 aliphatic carbocycles. The van der Waals surface area contributed by atoms with Crippen molar-refractivity contribution in [2.24, 2.45) is 0 Å². The third kappa shape index (κ3) is 9.01. The Kier molecular flexibility index (Phi) is 10.7. The smallest absolute Gasteiger partial charge is 0.326 e. The number of carbonyl (C=O) groups excluding carboxylic acids is 1. The highest BCUT2D eigenvalue weighted by Gasteiger charge is 2.22. The summed E-state index contributed by atoms with van der Waals surface area (Å²) in [6.07, 6.45) is 6.10. The SMILES string of the molecule is CCCCCCCOc1ccc(-c2noc(-c3ccc(C[C@H](NC(=O)c4ccc(C(C)(C)C)cc4)C(=O)O)cc3)n2)cc1. The van der Waals surface area contributed by atoms with Gasteiger partial charge < -0.3 is 19.7 Å². The van der Waals surface area contributed by atoms with Crippen molar-refractivity contribution in [1.82, 2.24) is 15.5 Å². The Bertz CT molecular complexity index is 1470. The lowest BCUT2D eigenvalue weighted by molar-refractivity contribution is -0.139. The number of unbranched alkanes of at least 4 members (excludes halogenated alkanes) is 4. The van der Waals surface area contributed by atoms with Crippen LogP contribution in [0.4, 0.5) is 0 Å². The summed E-state index contributed by atoms with van der Waals surface area (Å²) in [5.74, 6) is 0.108. The van der Waals surface area contributed by atoms with Crippen molar-refractivity contribution in [2.75, 3.05) is 6.61 Å². The van der Waals surface area contributed by atoms with E-state index in [9.17, 15) is 14.7 Å². The van der Waals surface area contributed by atoms with E-state index in [1.165, 1.54) is 25.7 Å². The Hall–Kier alpha value is -4.46. The first-order chi connectivity index (χ1) is 20.6. The molecule has 3 aromatic carbocycles. The second kappa shape index (κ2) is 14.6. The maximum atomic E-state index is 12.8. The zero-order valence-corrected chi connectivity index (χ0v) is 25.4. The summed E-state index contributed by atoms with van der Waals surface area (Å²) in [7, 11) is 0. The van der Waals surface area contributed by atoms with E-state index in [4.69, 9.17) is 9.26 Å². The van der Waals surface area contributed by atoms with E-state index in [2.05, 4.69) is 43.2 Å². The summed E-state index contributed by atoms with van der Waals surface area (Å²) < 4.78 is 11.3. The highest BCUT2D eigenvalue weighted by molar-refractivity contribution is 5.96. The maximum absolute atomic E-state index is 12.8. The molecule has 1 atom stereocenters. The fourth-order valence-corrected chi connectivity index (χ4v) is 4.64. The molecule has 0 spiro atoms. The van der Waals surface area contributed by atoms with Gasteiger partial charge in [0.25, 0.3) is 11.8 Å². The van der Waals surface area contributed by atoms with Crippen molar-refractivity contribution >= 4 is 11.9 Å². The minimum atomic E-state index is -1.10. The first-order valence-electron chi connectivity index (χ1n) is 14.9. The molecule has 2 N–H and O–H groups in total. The molecule has 0 aliphatic rings. The number of carboxylic acid groups (broad SMARTS) is 1. The highest BCUT2D eigenvalue weighted by Crippen LogP contribution is 2.25. The second-order valence-electron chi connectivity index (χ2n) is 11.8. The average Bonchev–Trinajstić information content (AvgIpc) is 3.49. The van der Waals surface area contributed by atoms with Gasteiger partial charge >= 0.3 is 5.97 Å². The van der Waals surface area contributed by atoms with Crippen LogP contribution < -0.4 is 10.1 Å². The minimum Gasteiger partial charge on any atom is -0.494 e. The monoisotopic (exact) mass is 583 g/mol. The largest absolute Gasteiger partial charge is 0.494 e. The number of hydrogen-bond donors (Lipinski definition) is 2. The fourth-order valence-electron chi connectivity index (χ4n) is 4.64. The number of amides is 1. The molecule has 0 saturated carbocycles. The first-order valence-corrected chi connectivity index (χ1v) is 14.9. The number of aromatic nitrogens is 2. The van der Waals surface area contributed by atoms with E-state index in [1.54, 1.807) is 36.4 Å². The zero-order valence-electron chi connectivity index (χ0n) is 25.4. The van der Waals surface area contributed by atoms with Gasteiger partial charge in [0.15, 0.2) is 0 Å². The lowest BCUT2D eigenvalue weighted by atomic mass is 9.86. The third-order valence-electron chi connectivity index (χ3n) is 7.31. The minimum absolute atomic E-state index is 0.0404. The molecule has 0 aliphatic heterocycles. The summed E-state index contributed by atoms with van der Waals surface area (Å²) in [6, 6.07) is 21.0. The Morgan fingerprint density at radius 3 is 2.16 bits per heavy atom. The predicted octanol–water partition coefficient (Wildman–Crippen LogP) is 7.48. The predicted molar refractivity (Wildman–Crippen MR) is 167 cm³/mol. The molecular weight excluding hydrogens is 542 g/mol. The van der Waals surface area contributed by atoms with E-state index in [1.807, 2.05) is 36.4 Å². The maximum Gasteiger partial charge on any atom is 0.326 e. The van der Waals surface area contributed by atoms with Crippen molar-refractivity contribution in [2.45, 2.75) is 77.7 Å². The molecular formula is C35H41N3O5. The number of carboxylic acids is 1. The lowest BCUT2D eigenvalue weighted by Gasteiger charge is -2.19. The normalized spacial score (nSPS) is 12.1. The van der Waals surface area contributed by atoms with Gasteiger partial charge in [-0.3, -0.25) is 4.79 Å². The molecule has 4 rings (SSSR count). The van der Waals surface area contributed by atoms with Gasteiger partial charge in [-0.1, -0.05) is 82.8 Å². The Balaban J connectivity index is 1.33. The van der Waals surface area contributed by atoms with Crippen LogP contribution in [-0.4, -0.2) is 39.8 Å². The van der Waals surface area contributed by atoms with Gasteiger partial charge in [0.05, 0.1) is 6.61 Å². The first kappa shape index (κ1) is 31.5. The summed E-state index contributed by atoms with van der Waals surface area (Å²) in [5.41, 5.74) is 3.75. The number of nitrogens with zero attached hydrogens (tertiary/aromatic N) is 2. The summed E-state index contributed by atoms with van der Waals surface area (Å²) in [6.45, 7) is 9.19. The molecule has 0 unspecified atom stereocenters. The summed E-state index contributed by atoms with van der Waals surface area (Å²) >= 11 is 0. The van der Waals surface area contributed by atoms with Crippen molar-refractivity contribution in [3.05, 3.63) is 89.5 Å². The number of benzene rings is 3. The third-order valence-corrected chi connectivity index (χ3v) is 7.31. The Morgan fingerprint density at radius 2 is 1.53 bits per heavy atom. The molecule has 1 heterocycles. The molecule has 0 fully saturated rings. The van der Waals surface area contributed by atoms with Crippen LogP contribution in [0.3, 0.4) is 0 Å². The van der Waals surface area contributed by atoms with Gasteiger partial charge in [0.2, 0.25) is 5.82 Å². The van der Waals surface area contributed by atoms with Gasteiger partial charge in [-0.25, -0.2) is 4.79 Å². The average molecular weight is 584 g/mol. The van der Waals surface area contributed by atoms with Gasteiger partial charge in [-0.2, -0.15) is 4.98 Å². The zero-order chi connectivity index (χ0) is 30.8. The lowest BCUT2D eigenvalue weighted by Crippen LogP contribution is -2.42. The molecule has 4 aromatic rings. The molecule has 8 heteroatoms. The Morgan fingerprint density at radius 1 is 0.884 bits per heavy atom. The molecule has 1 aromatic heterocycles. The van der Waals surface area contributed by atoms with E-state index in [0.717, 1.165) is 28.9 Å². The summed E-state index contributed by atoms with van der Waals surface area (Å²) in [4.78, 5) is 29.2. The van der Waals surface area contributed by atoms with E-state index < -0.39 is 17.9 Å². The molecule has 0 radical (unpaired) electrons. The van der Waals surface area contributed by atoms with Crippen molar-refractivity contribution in [1.29, 1.82) is 0 Å². The van der Waals surface area contributed by atoms with Crippen LogP contribution in [0.15, 0.2) is 77.3 Å². The van der Waals surface area contributed by atoms with E-state index in [-0.39, 0.29) is 11.8 Å².